The molecule has 0 unspecified atom stereocenters. The normalized spacial score (nSPS) is 31.1. The predicted octanol–water partition coefficient (Wildman–Crippen LogP) is 4.56. The lowest BCUT2D eigenvalue weighted by atomic mass is 9.56. The Morgan fingerprint density at radius 2 is 1.93 bits per heavy atom. The van der Waals surface area contributed by atoms with Gasteiger partial charge in [-0.25, -0.2) is 0 Å². The van der Waals surface area contributed by atoms with Gasteiger partial charge in [-0.05, 0) is 62.3 Å². The largest absolute Gasteiger partial charge is 0.433 e. The van der Waals surface area contributed by atoms with Crippen LogP contribution in [-0.2, 0) is 5.75 Å². The average molecular weight is 418 g/mol. The maximum Gasteiger partial charge on any atom is 0.433 e. The molecular weight excluding hydrogens is 398 g/mol. The number of aromatic nitrogens is 4. The van der Waals surface area contributed by atoms with Crippen LogP contribution in [-0.4, -0.2) is 29.5 Å². The molecule has 4 saturated carbocycles. The molecule has 0 aromatic carbocycles. The van der Waals surface area contributed by atoms with Crippen molar-refractivity contribution in [1.82, 2.24) is 19.8 Å². The van der Waals surface area contributed by atoms with Gasteiger partial charge in [0, 0.05) is 4.75 Å². The van der Waals surface area contributed by atoms with Crippen molar-refractivity contribution in [3.63, 3.8) is 0 Å². The van der Waals surface area contributed by atoms with Crippen LogP contribution in [0.15, 0.2) is 16.5 Å². The lowest BCUT2D eigenvalue weighted by Gasteiger charge is -2.56. The predicted molar refractivity (Wildman–Crippen MR) is 105 cm³/mol. The standard InChI is InChI=1S/C18H19N5O3S2/c24-23(25)15-2-1-13(26-15)16-21-22-14(19-20-17(22)28-16)9-27-18-6-10-3-11(7-18)5-12(4-10)8-18/h1-2,10-12H,3-9H2. The first-order chi connectivity index (χ1) is 13.6. The van der Waals surface area contributed by atoms with E-state index < -0.39 is 4.92 Å². The van der Waals surface area contributed by atoms with E-state index in [1.54, 1.807) is 10.6 Å². The molecule has 0 amide bonds. The van der Waals surface area contributed by atoms with Crippen LogP contribution in [0.25, 0.3) is 15.7 Å². The summed E-state index contributed by atoms with van der Waals surface area (Å²) in [6, 6.07) is 2.93. The minimum absolute atomic E-state index is 0.279. The van der Waals surface area contributed by atoms with E-state index in [-0.39, 0.29) is 5.88 Å². The summed E-state index contributed by atoms with van der Waals surface area (Å²) in [4.78, 5) is 11.0. The molecule has 0 N–H and O–H groups in total. The van der Waals surface area contributed by atoms with E-state index in [1.807, 2.05) is 11.8 Å². The minimum Gasteiger partial charge on any atom is -0.398 e. The summed E-state index contributed by atoms with van der Waals surface area (Å²) in [7, 11) is 0. The summed E-state index contributed by atoms with van der Waals surface area (Å²) in [5.41, 5.74) is 0. The lowest BCUT2D eigenvalue weighted by Crippen LogP contribution is -2.48. The monoisotopic (exact) mass is 417 g/mol. The van der Waals surface area contributed by atoms with Crippen molar-refractivity contribution in [3.05, 3.63) is 28.1 Å². The van der Waals surface area contributed by atoms with Gasteiger partial charge in [0.15, 0.2) is 16.6 Å². The van der Waals surface area contributed by atoms with Crippen LogP contribution in [0.3, 0.4) is 0 Å². The molecule has 3 aromatic heterocycles. The Bertz CT molecular complexity index is 1040. The van der Waals surface area contributed by atoms with Gasteiger partial charge < -0.3 is 4.42 Å². The number of fused-ring (bicyclic) bond motifs is 1. The van der Waals surface area contributed by atoms with Crippen molar-refractivity contribution in [3.8, 4) is 10.8 Å². The van der Waals surface area contributed by atoms with Gasteiger partial charge in [-0.3, -0.25) is 10.1 Å². The third kappa shape index (κ3) is 2.68. The molecule has 4 aliphatic rings. The molecule has 28 heavy (non-hydrogen) atoms. The number of hydrogen-bond donors (Lipinski definition) is 0. The highest BCUT2D eigenvalue weighted by molar-refractivity contribution is 7.99. The Labute approximate surface area is 168 Å². The fourth-order valence-electron chi connectivity index (χ4n) is 5.81. The highest BCUT2D eigenvalue weighted by Crippen LogP contribution is 2.61. The lowest BCUT2D eigenvalue weighted by molar-refractivity contribution is -0.401. The Kier molecular flexibility index (Phi) is 3.65. The molecule has 146 valence electrons. The van der Waals surface area contributed by atoms with Crippen LogP contribution in [0.5, 0.6) is 0 Å². The van der Waals surface area contributed by atoms with Gasteiger partial charge in [0.25, 0.3) is 0 Å². The Hall–Kier alpha value is -1.94. The minimum atomic E-state index is -0.544. The number of hydrogen-bond acceptors (Lipinski definition) is 8. The maximum atomic E-state index is 10.8. The third-order valence-electron chi connectivity index (χ3n) is 6.53. The number of rotatable bonds is 5. The summed E-state index contributed by atoms with van der Waals surface area (Å²) < 4.78 is 7.46. The van der Waals surface area contributed by atoms with E-state index in [4.69, 9.17) is 4.42 Å². The van der Waals surface area contributed by atoms with E-state index in [2.05, 4.69) is 15.3 Å². The number of furan rings is 1. The molecule has 10 heteroatoms. The van der Waals surface area contributed by atoms with Crippen LogP contribution in [0, 0.1) is 27.9 Å². The topological polar surface area (TPSA) is 99.4 Å². The van der Waals surface area contributed by atoms with Gasteiger partial charge in [0.2, 0.25) is 4.96 Å². The summed E-state index contributed by atoms with van der Waals surface area (Å²) in [5.74, 6) is 4.54. The molecule has 3 aromatic rings. The van der Waals surface area contributed by atoms with Gasteiger partial charge in [-0.1, -0.05) is 11.3 Å². The van der Waals surface area contributed by atoms with Crippen LogP contribution < -0.4 is 0 Å². The zero-order valence-corrected chi connectivity index (χ0v) is 16.7. The molecule has 0 aliphatic heterocycles. The second-order valence-corrected chi connectivity index (χ2v) is 10.9. The highest BCUT2D eigenvalue weighted by Gasteiger charge is 2.51. The molecule has 0 atom stereocenters. The molecule has 4 bridgehead atoms. The van der Waals surface area contributed by atoms with Gasteiger partial charge in [-0.2, -0.15) is 4.52 Å². The van der Waals surface area contributed by atoms with E-state index in [0.29, 0.717) is 20.5 Å². The molecule has 7 rings (SSSR count). The zero-order valence-electron chi connectivity index (χ0n) is 15.1. The van der Waals surface area contributed by atoms with Crippen LogP contribution >= 0.6 is 23.1 Å². The molecule has 4 fully saturated rings. The van der Waals surface area contributed by atoms with E-state index in [0.717, 1.165) is 29.3 Å². The summed E-state index contributed by atoms with van der Waals surface area (Å²) in [6.07, 6.45) is 8.39. The maximum absolute atomic E-state index is 10.8. The van der Waals surface area contributed by atoms with Gasteiger partial charge in [-0.15, -0.1) is 27.1 Å². The Balaban J connectivity index is 1.24. The smallest absolute Gasteiger partial charge is 0.398 e. The first kappa shape index (κ1) is 17.0. The highest BCUT2D eigenvalue weighted by atomic mass is 32.2. The molecule has 8 nitrogen and oxygen atoms in total. The van der Waals surface area contributed by atoms with Crippen molar-refractivity contribution in [1.29, 1.82) is 0 Å². The van der Waals surface area contributed by atoms with Crippen molar-refractivity contribution >= 4 is 33.9 Å². The van der Waals surface area contributed by atoms with E-state index in [1.165, 1.54) is 55.9 Å². The fourth-order valence-corrected chi connectivity index (χ4v) is 8.31. The van der Waals surface area contributed by atoms with Crippen molar-refractivity contribution in [2.75, 3.05) is 0 Å². The van der Waals surface area contributed by atoms with Crippen molar-refractivity contribution < 1.29 is 9.34 Å². The second-order valence-electron chi connectivity index (χ2n) is 8.50. The molecule has 3 heterocycles. The third-order valence-corrected chi connectivity index (χ3v) is 8.96. The second kappa shape index (κ2) is 6.03. The van der Waals surface area contributed by atoms with Crippen molar-refractivity contribution in [2.45, 2.75) is 49.0 Å². The van der Waals surface area contributed by atoms with Crippen LogP contribution in [0.4, 0.5) is 5.88 Å². The quantitative estimate of drug-likeness (QED) is 0.443. The molecule has 0 radical (unpaired) electrons. The first-order valence-corrected chi connectivity index (χ1v) is 11.5. The Morgan fingerprint density at radius 1 is 1.21 bits per heavy atom. The van der Waals surface area contributed by atoms with Gasteiger partial charge >= 0.3 is 5.88 Å². The number of nitrogens with zero attached hydrogens (tertiary/aromatic N) is 5. The molecule has 4 aliphatic carbocycles. The van der Waals surface area contributed by atoms with Gasteiger partial charge in [0.1, 0.15) is 4.92 Å². The van der Waals surface area contributed by atoms with Gasteiger partial charge in [0.05, 0.1) is 11.8 Å². The summed E-state index contributed by atoms with van der Waals surface area (Å²) >= 11 is 3.38. The average Bonchev–Trinajstić information content (AvgIpc) is 3.34. The van der Waals surface area contributed by atoms with Crippen LogP contribution in [0.2, 0.25) is 0 Å². The van der Waals surface area contributed by atoms with Crippen molar-refractivity contribution in [2.24, 2.45) is 17.8 Å². The molecular formula is C18H19N5O3S2. The van der Waals surface area contributed by atoms with Crippen LogP contribution in [0.1, 0.15) is 44.3 Å². The summed E-state index contributed by atoms with van der Waals surface area (Å²) in [5, 5.41) is 24.6. The Morgan fingerprint density at radius 3 is 2.57 bits per heavy atom. The first-order valence-electron chi connectivity index (χ1n) is 9.67. The fraction of sp³-hybridized carbons (Fsp3) is 0.611. The SMILES string of the molecule is O=[N+]([O-])c1ccc(-c2nn3c(CSC45CC6CC(CC(C6)C4)C5)nnc3s2)o1. The summed E-state index contributed by atoms with van der Waals surface area (Å²) in [6.45, 7) is 0. The molecule has 0 saturated heterocycles. The number of nitro groups is 1. The van der Waals surface area contributed by atoms with E-state index >= 15 is 0 Å². The zero-order chi connectivity index (χ0) is 18.9. The molecule has 0 spiro atoms. The number of thioether (sulfide) groups is 1. The van der Waals surface area contributed by atoms with E-state index in [9.17, 15) is 10.1 Å².